The first kappa shape index (κ1) is 20.3. The number of rotatable bonds is 7. The van der Waals surface area contributed by atoms with E-state index in [9.17, 15) is 14.4 Å². The number of benzene rings is 2. The van der Waals surface area contributed by atoms with Crippen molar-refractivity contribution in [2.75, 3.05) is 5.32 Å². The molecule has 0 aliphatic heterocycles. The van der Waals surface area contributed by atoms with Gasteiger partial charge in [-0.1, -0.05) is 36.4 Å². The highest BCUT2D eigenvalue weighted by Gasteiger charge is 2.18. The van der Waals surface area contributed by atoms with Gasteiger partial charge in [-0.3, -0.25) is 9.59 Å². The molecule has 2 amide bonds. The average molecular weight is 408 g/mol. The Bertz CT molecular complexity index is 970. The lowest BCUT2D eigenvalue weighted by Gasteiger charge is -2.14. The summed E-state index contributed by atoms with van der Waals surface area (Å²) in [5.74, 6) is -1.19. The number of hydrogen-bond acceptors (Lipinski definition) is 5. The topological polar surface area (TPSA) is 84.5 Å². The molecule has 0 fully saturated rings. The van der Waals surface area contributed by atoms with Crippen LogP contribution < -0.4 is 10.6 Å². The third-order valence-electron chi connectivity index (χ3n) is 4.09. The van der Waals surface area contributed by atoms with Crippen molar-refractivity contribution in [2.45, 2.75) is 19.6 Å². The van der Waals surface area contributed by atoms with E-state index in [1.165, 1.54) is 18.3 Å². The minimum absolute atomic E-state index is 0.209. The van der Waals surface area contributed by atoms with Crippen LogP contribution >= 0.6 is 11.3 Å². The van der Waals surface area contributed by atoms with Gasteiger partial charge >= 0.3 is 5.97 Å². The van der Waals surface area contributed by atoms with E-state index in [1.807, 2.05) is 35.7 Å². The second-order valence-corrected chi connectivity index (χ2v) is 7.21. The summed E-state index contributed by atoms with van der Waals surface area (Å²) in [6.07, 6.45) is -0.926. The Balaban J connectivity index is 1.50. The molecule has 2 N–H and O–H groups in total. The Kier molecular flexibility index (Phi) is 6.76. The van der Waals surface area contributed by atoms with Crippen molar-refractivity contribution in [1.29, 1.82) is 0 Å². The van der Waals surface area contributed by atoms with Gasteiger partial charge in [0.1, 0.15) is 0 Å². The van der Waals surface area contributed by atoms with E-state index >= 15 is 0 Å². The van der Waals surface area contributed by atoms with E-state index in [2.05, 4.69) is 10.6 Å². The molecule has 6 nitrogen and oxygen atoms in total. The van der Waals surface area contributed by atoms with E-state index < -0.39 is 12.1 Å². The van der Waals surface area contributed by atoms with Crippen LogP contribution in [0, 0.1) is 0 Å². The molecular weight excluding hydrogens is 388 g/mol. The molecule has 0 aliphatic carbocycles. The number of ether oxygens (including phenoxy) is 1. The number of carbonyl (C=O) groups excluding carboxylic acids is 3. The van der Waals surface area contributed by atoms with Gasteiger partial charge < -0.3 is 15.4 Å². The highest BCUT2D eigenvalue weighted by molar-refractivity contribution is 7.12. The largest absolute Gasteiger partial charge is 0.449 e. The molecule has 0 radical (unpaired) electrons. The van der Waals surface area contributed by atoms with Gasteiger partial charge in [0.15, 0.2) is 6.10 Å². The van der Waals surface area contributed by atoms with Gasteiger partial charge in [-0.15, -0.1) is 11.3 Å². The van der Waals surface area contributed by atoms with E-state index in [4.69, 9.17) is 4.74 Å². The fraction of sp³-hybridized carbons (Fsp3) is 0.136. The van der Waals surface area contributed by atoms with Crippen molar-refractivity contribution in [3.8, 4) is 0 Å². The fourth-order valence-electron chi connectivity index (χ4n) is 2.50. The molecule has 1 atom stereocenters. The molecule has 1 heterocycles. The molecule has 1 aromatic heterocycles. The zero-order valence-corrected chi connectivity index (χ0v) is 16.6. The first-order valence-electron chi connectivity index (χ1n) is 9.00. The third-order valence-corrected chi connectivity index (χ3v) is 4.95. The molecule has 0 aliphatic rings. The smallest absolute Gasteiger partial charge is 0.338 e. The third kappa shape index (κ3) is 5.76. The quantitative estimate of drug-likeness (QED) is 0.582. The summed E-state index contributed by atoms with van der Waals surface area (Å²) in [6.45, 7) is 1.88. The molecule has 3 rings (SSSR count). The van der Waals surface area contributed by atoms with Crippen molar-refractivity contribution in [3.05, 3.63) is 88.1 Å². The maximum Gasteiger partial charge on any atom is 0.338 e. The second-order valence-electron chi connectivity index (χ2n) is 6.26. The Morgan fingerprint density at radius 2 is 1.69 bits per heavy atom. The molecule has 29 heavy (non-hydrogen) atoms. The molecule has 148 valence electrons. The molecular formula is C22H20N2O4S. The van der Waals surface area contributed by atoms with Gasteiger partial charge in [-0.05, 0) is 48.2 Å². The van der Waals surface area contributed by atoms with Crippen LogP contribution in [0.25, 0.3) is 0 Å². The van der Waals surface area contributed by atoms with E-state index in [0.717, 1.165) is 5.56 Å². The molecule has 2 aromatic carbocycles. The van der Waals surface area contributed by atoms with Crippen LogP contribution in [0.3, 0.4) is 0 Å². The Morgan fingerprint density at radius 1 is 0.966 bits per heavy atom. The minimum Gasteiger partial charge on any atom is -0.449 e. The number of amides is 2. The summed E-state index contributed by atoms with van der Waals surface area (Å²) in [7, 11) is 0. The van der Waals surface area contributed by atoms with Gasteiger partial charge in [0.2, 0.25) is 0 Å². The number of hydrogen-bond donors (Lipinski definition) is 2. The lowest BCUT2D eigenvalue weighted by Crippen LogP contribution is -2.35. The summed E-state index contributed by atoms with van der Waals surface area (Å²) < 4.78 is 5.23. The number of carbonyl (C=O) groups is 3. The monoisotopic (exact) mass is 408 g/mol. The van der Waals surface area contributed by atoms with Crippen molar-refractivity contribution in [3.63, 3.8) is 0 Å². The second kappa shape index (κ2) is 9.66. The summed E-state index contributed by atoms with van der Waals surface area (Å²) in [5, 5.41) is 7.32. The minimum atomic E-state index is -0.926. The number of anilines is 1. The molecule has 0 bridgehead atoms. The zero-order valence-electron chi connectivity index (χ0n) is 15.8. The predicted molar refractivity (Wildman–Crippen MR) is 112 cm³/mol. The summed E-state index contributed by atoms with van der Waals surface area (Å²) in [5.41, 5.74) is 1.81. The van der Waals surface area contributed by atoms with E-state index in [-0.39, 0.29) is 11.8 Å². The normalized spacial score (nSPS) is 11.3. The number of thiophene rings is 1. The van der Waals surface area contributed by atoms with Gasteiger partial charge in [0.05, 0.1) is 10.4 Å². The molecule has 7 heteroatoms. The Hall–Kier alpha value is -3.45. The Labute approximate surface area is 172 Å². The molecule has 3 aromatic rings. The lowest BCUT2D eigenvalue weighted by molar-refractivity contribution is -0.129. The van der Waals surface area contributed by atoms with Crippen molar-refractivity contribution < 1.29 is 19.1 Å². The molecule has 0 saturated carbocycles. The van der Waals surface area contributed by atoms with Crippen LogP contribution in [0.1, 0.15) is 32.5 Å². The van der Waals surface area contributed by atoms with Crippen molar-refractivity contribution in [1.82, 2.24) is 5.32 Å². The van der Waals surface area contributed by atoms with Crippen LogP contribution in [0.2, 0.25) is 0 Å². The van der Waals surface area contributed by atoms with Gasteiger partial charge in [-0.25, -0.2) is 4.79 Å². The molecule has 0 spiro atoms. The van der Waals surface area contributed by atoms with Gasteiger partial charge in [-0.2, -0.15) is 0 Å². The average Bonchev–Trinajstić information content (AvgIpc) is 3.28. The van der Waals surface area contributed by atoms with Crippen molar-refractivity contribution in [2.24, 2.45) is 0 Å². The standard InChI is InChI=1S/C22H20N2O4S/c1-15(20(25)23-14-16-6-3-2-4-7-16)28-22(27)17-9-11-18(12-10-17)24-21(26)19-8-5-13-29-19/h2-13,15H,14H2,1H3,(H,23,25)(H,24,26)/t15-/m0/s1. The highest BCUT2D eigenvalue weighted by atomic mass is 32.1. The van der Waals surface area contributed by atoms with E-state index in [0.29, 0.717) is 22.7 Å². The van der Waals surface area contributed by atoms with Crippen LogP contribution in [-0.2, 0) is 16.1 Å². The molecule has 0 saturated heterocycles. The van der Waals surface area contributed by atoms with Crippen LogP contribution in [0.4, 0.5) is 5.69 Å². The Morgan fingerprint density at radius 3 is 2.34 bits per heavy atom. The fourth-order valence-corrected chi connectivity index (χ4v) is 3.12. The first-order chi connectivity index (χ1) is 14.0. The first-order valence-corrected chi connectivity index (χ1v) is 9.88. The number of nitrogens with one attached hydrogen (secondary N) is 2. The summed E-state index contributed by atoms with van der Waals surface area (Å²) in [4.78, 5) is 37.0. The van der Waals surface area contributed by atoms with Crippen LogP contribution in [-0.4, -0.2) is 23.9 Å². The van der Waals surface area contributed by atoms with Crippen LogP contribution in [0.15, 0.2) is 72.1 Å². The SMILES string of the molecule is C[C@H](OC(=O)c1ccc(NC(=O)c2cccs2)cc1)C(=O)NCc1ccccc1. The van der Waals surface area contributed by atoms with Gasteiger partial charge in [0, 0.05) is 12.2 Å². The van der Waals surface area contributed by atoms with Gasteiger partial charge in [0.25, 0.3) is 11.8 Å². The summed E-state index contributed by atoms with van der Waals surface area (Å²) in [6, 6.07) is 19.3. The predicted octanol–water partition coefficient (Wildman–Crippen LogP) is 3.86. The molecule has 0 unspecified atom stereocenters. The maximum absolute atomic E-state index is 12.3. The van der Waals surface area contributed by atoms with Crippen molar-refractivity contribution >= 4 is 34.8 Å². The van der Waals surface area contributed by atoms with Crippen LogP contribution in [0.5, 0.6) is 0 Å². The van der Waals surface area contributed by atoms with E-state index in [1.54, 1.807) is 36.4 Å². The zero-order chi connectivity index (χ0) is 20.6. The lowest BCUT2D eigenvalue weighted by atomic mass is 10.2. The summed E-state index contributed by atoms with van der Waals surface area (Å²) >= 11 is 1.35. The number of esters is 1. The highest BCUT2D eigenvalue weighted by Crippen LogP contribution is 2.15. The maximum atomic E-state index is 12.3.